The molecule has 0 saturated carbocycles. The fourth-order valence-corrected chi connectivity index (χ4v) is 2.32. The highest BCUT2D eigenvalue weighted by atomic mass is 79.9. The van der Waals surface area contributed by atoms with E-state index < -0.39 is 59.3 Å². The molecule has 18 heteroatoms. The first kappa shape index (κ1) is 30.3. The molecular weight excluding hydrogens is 595 g/mol. The smallest absolute Gasteiger partial charge is 0.195 e. The molecule has 0 bridgehead atoms. The Morgan fingerprint density at radius 2 is 0.794 bits per heavy atom. The normalized spacial score (nSPS) is 15.8. The maximum atomic E-state index is 13.7. The number of rotatable bonds is 8. The summed E-state index contributed by atoms with van der Waals surface area (Å²) in [6.07, 6.45) is -9.11. The van der Waals surface area contributed by atoms with Gasteiger partial charge < -0.3 is 0 Å². The lowest BCUT2D eigenvalue weighted by Gasteiger charge is -2.42. The molecule has 0 aliphatic rings. The van der Waals surface area contributed by atoms with Gasteiger partial charge in [-0.1, -0.05) is 34.1 Å². The molecule has 0 saturated heterocycles. The average molecular weight is 601 g/mol. The molecular formula is C16H6BrF17. The average Bonchev–Trinajstić information content (AvgIpc) is 2.65. The lowest BCUT2D eigenvalue weighted by Crippen LogP contribution is -2.74. The van der Waals surface area contributed by atoms with E-state index in [1.165, 1.54) is 0 Å². The van der Waals surface area contributed by atoms with Crippen LogP contribution in [0, 0.1) is 0 Å². The van der Waals surface area contributed by atoms with Gasteiger partial charge in [0.15, 0.2) is 0 Å². The monoisotopic (exact) mass is 600 g/mol. The Labute approximate surface area is 185 Å². The summed E-state index contributed by atoms with van der Waals surface area (Å²) in [6, 6.07) is 3.86. The summed E-state index contributed by atoms with van der Waals surface area (Å²) >= 11 is 2.85. The Morgan fingerprint density at radius 1 is 0.471 bits per heavy atom. The third-order valence-electron chi connectivity index (χ3n) is 4.10. The number of hydrogen-bond donors (Lipinski definition) is 0. The van der Waals surface area contributed by atoms with Crippen LogP contribution < -0.4 is 0 Å². The Balaban J connectivity index is 3.57. The van der Waals surface area contributed by atoms with E-state index in [9.17, 15) is 74.6 Å². The SMILES string of the molecule is FC(F)(F)C(F)(F)C(F)(F)C(F)(F)C(F)(F)C(F)(F)C(F)(F)C(F)(F)/C=C/c1ccc(Br)cc1. The van der Waals surface area contributed by atoms with Crippen LogP contribution in [0.1, 0.15) is 5.56 Å². The van der Waals surface area contributed by atoms with E-state index in [1.54, 1.807) is 0 Å². The van der Waals surface area contributed by atoms with Crippen molar-refractivity contribution in [2.24, 2.45) is 0 Å². The molecule has 1 rings (SSSR count). The van der Waals surface area contributed by atoms with E-state index in [4.69, 9.17) is 0 Å². The highest BCUT2D eigenvalue weighted by Crippen LogP contribution is 2.64. The zero-order chi connectivity index (χ0) is 27.4. The molecule has 0 spiro atoms. The highest BCUT2D eigenvalue weighted by Gasteiger charge is 2.95. The molecule has 1 aromatic rings. The van der Waals surface area contributed by atoms with Crippen LogP contribution in [0.2, 0.25) is 0 Å². The molecule has 0 aliphatic carbocycles. The minimum Gasteiger partial charge on any atom is -0.195 e. The first-order valence-electron chi connectivity index (χ1n) is 7.88. The molecule has 0 heterocycles. The van der Waals surface area contributed by atoms with Gasteiger partial charge in [0.1, 0.15) is 0 Å². The number of alkyl halides is 17. The maximum Gasteiger partial charge on any atom is 0.460 e. The van der Waals surface area contributed by atoms with Crippen LogP contribution in [0.15, 0.2) is 34.8 Å². The van der Waals surface area contributed by atoms with Crippen molar-refractivity contribution in [3.05, 3.63) is 40.4 Å². The quantitative estimate of drug-likeness (QED) is 0.263. The van der Waals surface area contributed by atoms with Gasteiger partial charge in [0.2, 0.25) is 0 Å². The fourth-order valence-electron chi connectivity index (χ4n) is 2.06. The second-order valence-corrected chi connectivity index (χ2v) is 7.37. The largest absolute Gasteiger partial charge is 0.460 e. The lowest BCUT2D eigenvalue weighted by atomic mass is 9.89. The summed E-state index contributed by atoms with van der Waals surface area (Å²) in [6.45, 7) is 0. The number of hydrogen-bond acceptors (Lipinski definition) is 0. The Hall–Kier alpha value is -1.75. The highest BCUT2D eigenvalue weighted by molar-refractivity contribution is 9.10. The minimum absolute atomic E-state index is 0.112. The van der Waals surface area contributed by atoms with Gasteiger partial charge in [0.25, 0.3) is 0 Å². The van der Waals surface area contributed by atoms with Crippen LogP contribution in [0.4, 0.5) is 74.6 Å². The summed E-state index contributed by atoms with van der Waals surface area (Å²) in [5, 5.41) is 0. The number of halogens is 18. The first-order valence-corrected chi connectivity index (χ1v) is 8.68. The van der Waals surface area contributed by atoms with Crippen LogP contribution in [0.25, 0.3) is 6.08 Å². The topological polar surface area (TPSA) is 0 Å². The van der Waals surface area contributed by atoms with Crippen LogP contribution >= 0.6 is 15.9 Å². The Morgan fingerprint density at radius 3 is 1.15 bits per heavy atom. The van der Waals surface area contributed by atoms with E-state index in [-0.39, 0.29) is 10.5 Å². The van der Waals surface area contributed by atoms with E-state index in [1.807, 2.05) is 0 Å². The predicted octanol–water partition coefficient (Wildman–Crippen LogP) is 8.47. The Bertz CT molecular complexity index is 895. The van der Waals surface area contributed by atoms with Crippen molar-refractivity contribution in [1.82, 2.24) is 0 Å². The third kappa shape index (κ3) is 4.34. The van der Waals surface area contributed by atoms with Gasteiger partial charge in [0.05, 0.1) is 0 Å². The molecule has 0 atom stereocenters. The van der Waals surface area contributed by atoms with Crippen molar-refractivity contribution in [3.8, 4) is 0 Å². The van der Waals surface area contributed by atoms with Crippen molar-refractivity contribution in [1.29, 1.82) is 0 Å². The predicted molar refractivity (Wildman–Crippen MR) is 83.9 cm³/mol. The van der Waals surface area contributed by atoms with Crippen molar-refractivity contribution in [2.45, 2.75) is 47.6 Å². The Kier molecular flexibility index (Phi) is 7.51. The zero-order valence-electron chi connectivity index (χ0n) is 15.3. The molecule has 34 heavy (non-hydrogen) atoms. The van der Waals surface area contributed by atoms with Gasteiger partial charge in [-0.25, -0.2) is 0 Å². The molecule has 0 aliphatic heterocycles. The summed E-state index contributed by atoms with van der Waals surface area (Å²) in [4.78, 5) is 0. The van der Waals surface area contributed by atoms with E-state index in [2.05, 4.69) is 15.9 Å². The molecule has 196 valence electrons. The third-order valence-corrected chi connectivity index (χ3v) is 4.63. The summed E-state index contributed by atoms with van der Waals surface area (Å²) in [7, 11) is 0. The minimum atomic E-state index is -8.63. The van der Waals surface area contributed by atoms with Crippen LogP contribution in [0.3, 0.4) is 0 Å². The molecule has 0 aromatic heterocycles. The first-order chi connectivity index (χ1) is 14.7. The van der Waals surface area contributed by atoms with Crippen molar-refractivity contribution < 1.29 is 74.6 Å². The molecule has 0 nitrogen and oxygen atoms in total. The lowest BCUT2D eigenvalue weighted by molar-refractivity contribution is -0.459. The molecule has 1 aromatic carbocycles. The van der Waals surface area contributed by atoms with Crippen molar-refractivity contribution >= 4 is 22.0 Å². The molecule has 0 amide bonds. The summed E-state index contributed by atoms with van der Waals surface area (Å²) in [5.41, 5.74) is -0.490. The molecule has 0 N–H and O–H groups in total. The van der Waals surface area contributed by atoms with Gasteiger partial charge in [-0.05, 0) is 23.8 Å². The van der Waals surface area contributed by atoms with Crippen molar-refractivity contribution in [3.63, 3.8) is 0 Å². The summed E-state index contributed by atoms with van der Waals surface area (Å²) in [5.74, 6) is -56.4. The van der Waals surface area contributed by atoms with Crippen LogP contribution in [-0.2, 0) is 0 Å². The fraction of sp³-hybridized carbons (Fsp3) is 0.500. The van der Waals surface area contributed by atoms with Gasteiger partial charge in [0, 0.05) is 4.47 Å². The van der Waals surface area contributed by atoms with Gasteiger partial charge in [-0.2, -0.15) is 74.6 Å². The van der Waals surface area contributed by atoms with Gasteiger partial charge in [-0.15, -0.1) is 0 Å². The van der Waals surface area contributed by atoms with Crippen LogP contribution in [0.5, 0.6) is 0 Å². The van der Waals surface area contributed by atoms with Crippen molar-refractivity contribution in [2.75, 3.05) is 0 Å². The van der Waals surface area contributed by atoms with Gasteiger partial charge >= 0.3 is 47.6 Å². The second-order valence-electron chi connectivity index (χ2n) is 6.45. The summed E-state index contributed by atoms with van der Waals surface area (Å²) < 4.78 is 223. The number of allylic oxidation sites excluding steroid dienone is 1. The maximum absolute atomic E-state index is 13.7. The molecule has 0 fully saturated rings. The molecule has 0 unspecified atom stereocenters. The van der Waals surface area contributed by atoms with Gasteiger partial charge in [-0.3, -0.25) is 0 Å². The van der Waals surface area contributed by atoms with Crippen LogP contribution in [-0.4, -0.2) is 47.6 Å². The second kappa shape index (κ2) is 8.43. The number of benzene rings is 1. The van der Waals surface area contributed by atoms with E-state index >= 15 is 0 Å². The standard InChI is InChI=1S/C16H6BrF17/c17-8-3-1-7(2-4-8)5-6-9(18,19)10(20,21)11(22,23)12(24,25)13(26,27)14(28,29)15(30,31)16(32,33)34/h1-6H/b6-5+. The molecule has 0 radical (unpaired) electrons. The van der Waals surface area contributed by atoms with E-state index in [0.29, 0.717) is 0 Å². The zero-order valence-corrected chi connectivity index (χ0v) is 16.9. The van der Waals surface area contributed by atoms with E-state index in [0.717, 1.165) is 24.3 Å².